The third-order valence-electron chi connectivity index (χ3n) is 0. The van der Waals surface area contributed by atoms with E-state index in [1.165, 1.54) is 0 Å². The average molecular weight is 198 g/mol. The summed E-state index contributed by atoms with van der Waals surface area (Å²) in [6.07, 6.45) is 0. The van der Waals surface area contributed by atoms with E-state index < -0.39 is 16.4 Å². The fourth-order valence-corrected chi connectivity index (χ4v) is 0. The second kappa shape index (κ2) is 7.88. The number of primary amides is 2. The SMILES string of the molecule is NC(N)=O.O=S(=O)(O)O.[H-].[K+]. The van der Waals surface area contributed by atoms with E-state index in [1.54, 1.807) is 0 Å². The van der Waals surface area contributed by atoms with Gasteiger partial charge >= 0.3 is 67.8 Å². The molecule has 0 aliphatic carbocycles. The van der Waals surface area contributed by atoms with E-state index in [9.17, 15) is 0 Å². The number of urea groups is 1. The first-order valence-electron chi connectivity index (χ1n) is 1.48. The van der Waals surface area contributed by atoms with Crippen molar-refractivity contribution in [2.45, 2.75) is 0 Å². The van der Waals surface area contributed by atoms with Gasteiger partial charge in [0.1, 0.15) is 0 Å². The van der Waals surface area contributed by atoms with Gasteiger partial charge in [0.05, 0.1) is 0 Å². The molecule has 0 heterocycles. The molecule has 0 bridgehead atoms. The Labute approximate surface area is 102 Å². The summed E-state index contributed by atoms with van der Waals surface area (Å²) < 4.78 is 31.6. The maximum atomic E-state index is 9.00. The molecule has 0 aromatic heterocycles. The van der Waals surface area contributed by atoms with E-state index in [0.717, 1.165) is 0 Å². The van der Waals surface area contributed by atoms with Gasteiger partial charge in [-0.1, -0.05) is 0 Å². The van der Waals surface area contributed by atoms with Gasteiger partial charge in [0, 0.05) is 0 Å². The molecule has 2 amide bonds. The molecule has 0 aliphatic heterocycles. The Morgan fingerprint density at radius 2 is 1.30 bits per heavy atom. The third kappa shape index (κ3) is 881. The Morgan fingerprint density at radius 3 is 1.30 bits per heavy atom. The summed E-state index contributed by atoms with van der Waals surface area (Å²) >= 11 is 0. The molecule has 0 rings (SSSR count). The van der Waals surface area contributed by atoms with Crippen LogP contribution in [-0.2, 0) is 10.4 Å². The molecule has 0 aromatic rings. The van der Waals surface area contributed by atoms with Gasteiger partial charge in [0.2, 0.25) is 0 Å². The summed E-state index contributed by atoms with van der Waals surface area (Å²) in [4.78, 5) is 9.00. The first-order valence-corrected chi connectivity index (χ1v) is 2.88. The zero-order valence-corrected chi connectivity index (χ0v) is 9.12. The molecule has 0 aliphatic rings. The van der Waals surface area contributed by atoms with E-state index in [4.69, 9.17) is 22.3 Å². The molecule has 0 spiro atoms. The zero-order valence-electron chi connectivity index (χ0n) is 6.18. The first-order chi connectivity index (χ1) is 3.73. The molecular formula is CH7KN2O5S. The van der Waals surface area contributed by atoms with Crippen LogP contribution in [0.4, 0.5) is 4.79 Å². The largest absolute Gasteiger partial charge is 1.00 e. The predicted octanol–water partition coefficient (Wildman–Crippen LogP) is -4.51. The van der Waals surface area contributed by atoms with Crippen LogP contribution in [0.3, 0.4) is 0 Å². The topological polar surface area (TPSA) is 144 Å². The minimum atomic E-state index is -4.67. The molecule has 58 valence electrons. The van der Waals surface area contributed by atoms with Gasteiger partial charge in [-0.15, -0.1) is 0 Å². The molecule has 0 atom stereocenters. The zero-order chi connectivity index (χ0) is 8.08. The molecule has 7 nitrogen and oxygen atoms in total. The van der Waals surface area contributed by atoms with Crippen molar-refractivity contribution in [3.05, 3.63) is 0 Å². The Kier molecular flexibility index (Phi) is 13.4. The van der Waals surface area contributed by atoms with Crippen molar-refractivity contribution in [2.75, 3.05) is 0 Å². The van der Waals surface area contributed by atoms with Crippen LogP contribution in [0.15, 0.2) is 0 Å². The van der Waals surface area contributed by atoms with Crippen LogP contribution in [-0.4, -0.2) is 23.6 Å². The van der Waals surface area contributed by atoms with Crippen LogP contribution in [0, 0.1) is 0 Å². The molecule has 0 fully saturated rings. The minimum Gasteiger partial charge on any atom is -1.00 e. The summed E-state index contributed by atoms with van der Waals surface area (Å²) in [6, 6.07) is -0.833. The van der Waals surface area contributed by atoms with Gasteiger partial charge in [0.15, 0.2) is 0 Å². The third-order valence-corrected chi connectivity index (χ3v) is 0. The maximum absolute atomic E-state index is 9.00. The molecule has 0 saturated carbocycles. The Hall–Kier alpha value is 0.776. The minimum absolute atomic E-state index is 0. The van der Waals surface area contributed by atoms with Crippen molar-refractivity contribution in [2.24, 2.45) is 11.5 Å². The van der Waals surface area contributed by atoms with Gasteiger partial charge < -0.3 is 12.9 Å². The number of hydrogen-bond acceptors (Lipinski definition) is 3. The number of amides is 2. The molecule has 6 N–H and O–H groups in total. The van der Waals surface area contributed by atoms with Gasteiger partial charge in [-0.05, 0) is 0 Å². The van der Waals surface area contributed by atoms with Crippen molar-refractivity contribution in [1.82, 2.24) is 0 Å². The fraction of sp³-hybridized carbons (Fsp3) is 0. The Bertz CT molecular complexity index is 167. The van der Waals surface area contributed by atoms with Crippen molar-refractivity contribution in [1.29, 1.82) is 0 Å². The van der Waals surface area contributed by atoms with E-state index in [-0.39, 0.29) is 52.8 Å². The normalized spacial score (nSPS) is 8.20. The summed E-state index contributed by atoms with van der Waals surface area (Å²) in [5, 5.41) is 0. The summed E-state index contributed by atoms with van der Waals surface area (Å²) in [6.45, 7) is 0. The Morgan fingerprint density at radius 1 is 1.30 bits per heavy atom. The maximum Gasteiger partial charge on any atom is 1.00 e. The number of nitrogens with two attached hydrogens (primary N) is 2. The molecule has 9 heteroatoms. The molecule has 0 unspecified atom stereocenters. The summed E-state index contributed by atoms with van der Waals surface area (Å²) in [7, 11) is -4.67. The van der Waals surface area contributed by atoms with E-state index >= 15 is 0 Å². The monoisotopic (exact) mass is 198 g/mol. The first kappa shape index (κ1) is 17.0. The van der Waals surface area contributed by atoms with Crippen molar-refractivity contribution in [3.8, 4) is 0 Å². The van der Waals surface area contributed by atoms with Crippen LogP contribution in [0.1, 0.15) is 1.43 Å². The van der Waals surface area contributed by atoms with Crippen LogP contribution in [0.2, 0.25) is 0 Å². The van der Waals surface area contributed by atoms with Crippen molar-refractivity contribution < 1.29 is 75.1 Å². The van der Waals surface area contributed by atoms with Gasteiger partial charge in [-0.25, -0.2) is 4.79 Å². The second-order valence-electron chi connectivity index (χ2n) is 0.850. The molecule has 0 saturated heterocycles. The predicted molar refractivity (Wildman–Crippen MR) is 29.1 cm³/mol. The molecule has 0 radical (unpaired) electrons. The molecule has 0 aromatic carbocycles. The van der Waals surface area contributed by atoms with E-state index in [2.05, 4.69) is 11.5 Å². The van der Waals surface area contributed by atoms with Gasteiger partial charge in [-0.3, -0.25) is 9.11 Å². The van der Waals surface area contributed by atoms with E-state index in [1.807, 2.05) is 0 Å². The Balaban J connectivity index is -0.0000000383. The second-order valence-corrected chi connectivity index (χ2v) is 1.75. The van der Waals surface area contributed by atoms with Crippen molar-refractivity contribution in [3.63, 3.8) is 0 Å². The number of hydrogen-bond donors (Lipinski definition) is 4. The van der Waals surface area contributed by atoms with Crippen LogP contribution in [0.5, 0.6) is 0 Å². The fourth-order valence-electron chi connectivity index (χ4n) is 0. The summed E-state index contributed by atoms with van der Waals surface area (Å²) in [5.41, 5.74) is 8.50. The standard InChI is InChI=1S/CH4N2O.K.H2O4S.H/c2-1(3)4;;1-5(2,3)4;/h(H4,2,3,4);;(H2,1,2,3,4);/q;+1;;-1. The number of carbonyl (C=O) groups excluding carboxylic acids is 1. The van der Waals surface area contributed by atoms with Crippen molar-refractivity contribution >= 4 is 16.4 Å². The van der Waals surface area contributed by atoms with Crippen LogP contribution in [0.25, 0.3) is 0 Å². The molecular weight excluding hydrogens is 191 g/mol. The smallest absolute Gasteiger partial charge is 1.00 e. The molecule has 10 heavy (non-hydrogen) atoms. The van der Waals surface area contributed by atoms with Crippen LogP contribution < -0.4 is 62.9 Å². The van der Waals surface area contributed by atoms with Gasteiger partial charge in [0.25, 0.3) is 0 Å². The van der Waals surface area contributed by atoms with Gasteiger partial charge in [-0.2, -0.15) is 8.42 Å². The number of carbonyl (C=O) groups is 1. The van der Waals surface area contributed by atoms with E-state index in [0.29, 0.717) is 0 Å². The number of rotatable bonds is 0. The average Bonchev–Trinajstić information content (AvgIpc) is 1.19. The summed E-state index contributed by atoms with van der Waals surface area (Å²) in [5.74, 6) is 0. The quantitative estimate of drug-likeness (QED) is 0.229. The van der Waals surface area contributed by atoms with Crippen LogP contribution >= 0.6 is 0 Å².